The van der Waals surface area contributed by atoms with Crippen molar-refractivity contribution in [3.8, 4) is 12.3 Å². The molecule has 0 rings (SSSR count). The maximum absolute atomic E-state index is 11.3. The molecule has 5 heteroatoms. The van der Waals surface area contributed by atoms with Crippen molar-refractivity contribution in [2.45, 2.75) is 12.1 Å². The average Bonchev–Trinajstić information content (AvgIpc) is 1.64. The fraction of sp³-hybridized carbons (Fsp3) is 0.500. The Hall–Kier alpha value is -0.790. The van der Waals surface area contributed by atoms with Crippen LogP contribution in [0.15, 0.2) is 0 Å². The molecule has 0 aromatic rings. The van der Waals surface area contributed by atoms with Gasteiger partial charge >= 0.3 is 12.1 Å². The van der Waals surface area contributed by atoms with Gasteiger partial charge in [0.2, 0.25) is 0 Å². The van der Waals surface area contributed by atoms with Gasteiger partial charge in [0.05, 0.1) is 0 Å². The van der Waals surface area contributed by atoms with Crippen LogP contribution >= 0.6 is 0 Å². The Balaban J connectivity index is 4.39. The Kier molecular flexibility index (Phi) is 1.70. The second kappa shape index (κ2) is 1.87. The van der Waals surface area contributed by atoms with Gasteiger partial charge in [-0.15, -0.1) is 6.42 Å². The third-order valence-corrected chi connectivity index (χ3v) is 0.537. The summed E-state index contributed by atoms with van der Waals surface area (Å²) in [4.78, 5) is 0. The molecule has 0 spiro atoms. The second-order valence-corrected chi connectivity index (χ2v) is 1.22. The molecule has 0 saturated carbocycles. The van der Waals surface area contributed by atoms with Crippen LogP contribution in [0.25, 0.3) is 0 Å². The molecule has 0 aromatic heterocycles. The monoisotopic (exact) mass is 144 g/mol. The summed E-state index contributed by atoms with van der Waals surface area (Å²) in [5, 5.41) is 0. The van der Waals surface area contributed by atoms with E-state index in [9.17, 15) is 22.0 Å². The van der Waals surface area contributed by atoms with Crippen LogP contribution in [0.3, 0.4) is 0 Å². The van der Waals surface area contributed by atoms with E-state index >= 15 is 0 Å². The van der Waals surface area contributed by atoms with Crippen molar-refractivity contribution < 1.29 is 22.0 Å². The van der Waals surface area contributed by atoms with E-state index in [1.807, 2.05) is 0 Å². The van der Waals surface area contributed by atoms with Crippen molar-refractivity contribution in [3.63, 3.8) is 0 Å². The lowest BCUT2D eigenvalue weighted by Gasteiger charge is -2.11. The first-order valence-corrected chi connectivity index (χ1v) is 1.73. The van der Waals surface area contributed by atoms with Gasteiger partial charge in [0, 0.05) is 0 Å². The van der Waals surface area contributed by atoms with Gasteiger partial charge in [0.1, 0.15) is 0 Å². The Morgan fingerprint density at radius 2 is 1.33 bits per heavy atom. The Morgan fingerprint density at radius 1 is 1.00 bits per heavy atom. The lowest BCUT2D eigenvalue weighted by atomic mass is 10.3. The highest BCUT2D eigenvalue weighted by Crippen LogP contribution is 2.34. The van der Waals surface area contributed by atoms with E-state index in [2.05, 4.69) is 6.42 Å². The van der Waals surface area contributed by atoms with Gasteiger partial charge in [0.15, 0.2) is 0 Å². The van der Waals surface area contributed by atoms with Gasteiger partial charge in [-0.3, -0.25) is 0 Å². The average molecular weight is 144 g/mol. The number of rotatable bonds is 0. The van der Waals surface area contributed by atoms with Crippen LogP contribution in [-0.2, 0) is 0 Å². The molecule has 0 aliphatic heterocycles. The summed E-state index contributed by atoms with van der Waals surface area (Å²) in [5.41, 5.74) is 0. The summed E-state index contributed by atoms with van der Waals surface area (Å²) < 4.78 is 55.4. The molecule has 0 aliphatic rings. The molecule has 0 bridgehead atoms. The number of terminal acetylenes is 1. The van der Waals surface area contributed by atoms with E-state index < -0.39 is 12.1 Å². The molecule has 0 nitrogen and oxygen atoms in total. The van der Waals surface area contributed by atoms with Crippen LogP contribution in [-0.4, -0.2) is 12.1 Å². The Morgan fingerprint density at radius 3 is 1.33 bits per heavy atom. The minimum atomic E-state index is -5.62. The fourth-order valence-electron chi connectivity index (χ4n) is 0.0818. The van der Waals surface area contributed by atoms with E-state index in [4.69, 9.17) is 0 Å². The van der Waals surface area contributed by atoms with Crippen molar-refractivity contribution in [3.05, 3.63) is 0 Å². The standard InChI is InChI=1S/C4HF5/c1-2-3(5,6)4(7,8)9/h1H. The maximum Gasteiger partial charge on any atom is 0.466 e. The number of hydrogen-bond donors (Lipinski definition) is 0. The predicted molar refractivity (Wildman–Crippen MR) is 19.8 cm³/mol. The summed E-state index contributed by atoms with van der Waals surface area (Å²) in [6.07, 6.45) is -1.75. The molecule has 9 heavy (non-hydrogen) atoms. The molecular formula is C4HF5. The van der Waals surface area contributed by atoms with Crippen LogP contribution in [0.5, 0.6) is 0 Å². The molecule has 0 amide bonds. The van der Waals surface area contributed by atoms with Crippen LogP contribution in [0.4, 0.5) is 22.0 Å². The van der Waals surface area contributed by atoms with Crippen molar-refractivity contribution in [1.29, 1.82) is 0 Å². The summed E-state index contributed by atoms with van der Waals surface area (Å²) >= 11 is 0. The lowest BCUT2D eigenvalue weighted by Crippen LogP contribution is -2.34. The zero-order valence-electron chi connectivity index (χ0n) is 3.97. The molecule has 0 radical (unpaired) electrons. The van der Waals surface area contributed by atoms with Crippen molar-refractivity contribution in [1.82, 2.24) is 0 Å². The van der Waals surface area contributed by atoms with Gasteiger partial charge in [-0.05, 0) is 5.92 Å². The summed E-state index contributed by atoms with van der Waals surface area (Å²) in [7, 11) is 0. The number of alkyl halides is 5. The molecule has 0 N–H and O–H groups in total. The third kappa shape index (κ3) is 1.56. The van der Waals surface area contributed by atoms with Crippen LogP contribution in [0.1, 0.15) is 0 Å². The molecule has 0 saturated heterocycles. The molecular weight excluding hydrogens is 143 g/mol. The highest BCUT2D eigenvalue weighted by molar-refractivity contribution is 5.04. The van der Waals surface area contributed by atoms with Crippen molar-refractivity contribution in [2.24, 2.45) is 0 Å². The van der Waals surface area contributed by atoms with Gasteiger partial charge in [0.25, 0.3) is 0 Å². The first-order chi connectivity index (χ1) is 3.81. The van der Waals surface area contributed by atoms with E-state index in [0.29, 0.717) is 5.92 Å². The fourth-order valence-corrected chi connectivity index (χ4v) is 0.0818. The van der Waals surface area contributed by atoms with E-state index in [1.165, 1.54) is 0 Å². The highest BCUT2D eigenvalue weighted by atomic mass is 19.4. The SMILES string of the molecule is C#CC(F)(F)C(F)(F)F. The topological polar surface area (TPSA) is 0 Å². The van der Waals surface area contributed by atoms with Crippen LogP contribution < -0.4 is 0 Å². The number of hydrogen-bond acceptors (Lipinski definition) is 0. The zero-order chi connectivity index (χ0) is 7.71. The highest BCUT2D eigenvalue weighted by Gasteiger charge is 2.56. The van der Waals surface area contributed by atoms with E-state index in [-0.39, 0.29) is 0 Å². The summed E-state index contributed by atoms with van der Waals surface area (Å²) in [6, 6.07) is 0. The molecule has 52 valence electrons. The summed E-state index contributed by atoms with van der Waals surface area (Å²) in [5.74, 6) is -4.67. The van der Waals surface area contributed by atoms with Gasteiger partial charge < -0.3 is 0 Å². The second-order valence-electron chi connectivity index (χ2n) is 1.22. The van der Waals surface area contributed by atoms with E-state index in [1.54, 1.807) is 0 Å². The van der Waals surface area contributed by atoms with Crippen LogP contribution in [0, 0.1) is 12.3 Å². The molecule has 0 fully saturated rings. The quantitative estimate of drug-likeness (QED) is 0.359. The maximum atomic E-state index is 11.3. The molecule has 0 aromatic carbocycles. The Bertz CT molecular complexity index is 136. The van der Waals surface area contributed by atoms with Gasteiger partial charge in [-0.25, -0.2) is 0 Å². The molecule has 0 aliphatic carbocycles. The smallest absolute Gasteiger partial charge is 0.181 e. The predicted octanol–water partition coefficient (Wildman–Crippen LogP) is 1.82. The third-order valence-electron chi connectivity index (χ3n) is 0.537. The zero-order valence-corrected chi connectivity index (χ0v) is 3.97. The number of halogens is 5. The van der Waals surface area contributed by atoms with Crippen molar-refractivity contribution in [2.75, 3.05) is 0 Å². The Labute approximate surface area is 47.7 Å². The van der Waals surface area contributed by atoms with Crippen molar-refractivity contribution >= 4 is 0 Å². The summed E-state index contributed by atoms with van der Waals surface area (Å²) in [6.45, 7) is 0. The molecule has 0 heterocycles. The minimum Gasteiger partial charge on any atom is -0.181 e. The molecule has 0 unspecified atom stereocenters. The van der Waals surface area contributed by atoms with E-state index in [0.717, 1.165) is 0 Å². The molecule has 0 atom stereocenters. The van der Waals surface area contributed by atoms with Crippen LogP contribution in [0.2, 0.25) is 0 Å². The normalized spacial score (nSPS) is 12.9. The van der Waals surface area contributed by atoms with Gasteiger partial charge in [-0.2, -0.15) is 22.0 Å². The minimum absolute atomic E-state index is 0.323. The first kappa shape index (κ1) is 8.21. The lowest BCUT2D eigenvalue weighted by molar-refractivity contribution is -0.254. The first-order valence-electron chi connectivity index (χ1n) is 1.73. The van der Waals surface area contributed by atoms with Gasteiger partial charge in [-0.1, -0.05) is 0 Å². The largest absolute Gasteiger partial charge is 0.466 e.